The summed E-state index contributed by atoms with van der Waals surface area (Å²) in [7, 11) is 0. The molecule has 6 atom stereocenters. The number of carboxylic acids is 2. The zero-order chi connectivity index (χ0) is 29.6. The SMILES string of the molecule is C[C@@H](O)[C@H]1C(=O)N2C(C(=O)O)=C(S[C@H]3C[C@@H](C(=O)Nc4cccc(C(=O)O)c4)N(Cc4ccc(O)cc4)C3)[C@H](C)[C@H]12. The summed E-state index contributed by atoms with van der Waals surface area (Å²) >= 11 is 1.36. The van der Waals surface area contributed by atoms with Gasteiger partial charge in [0.25, 0.3) is 0 Å². The number of fused-ring (bicyclic) bond motifs is 1. The third-order valence-electron chi connectivity index (χ3n) is 7.97. The van der Waals surface area contributed by atoms with Gasteiger partial charge in [-0.1, -0.05) is 25.1 Å². The van der Waals surface area contributed by atoms with Crippen LogP contribution < -0.4 is 5.32 Å². The van der Waals surface area contributed by atoms with Crippen LogP contribution in [0.2, 0.25) is 0 Å². The van der Waals surface area contributed by atoms with Gasteiger partial charge in [-0.05, 0) is 49.2 Å². The fraction of sp³-hybridized carbons (Fsp3) is 0.379. The predicted octanol–water partition coefficient (Wildman–Crippen LogP) is 2.56. The molecule has 2 amide bonds. The number of rotatable bonds is 9. The van der Waals surface area contributed by atoms with E-state index in [1.807, 2.05) is 11.8 Å². The Morgan fingerprint density at radius 1 is 1.10 bits per heavy atom. The minimum atomic E-state index is -1.20. The maximum atomic E-state index is 13.5. The molecule has 3 heterocycles. The van der Waals surface area contributed by atoms with Crippen LogP contribution in [0.4, 0.5) is 5.69 Å². The quantitative estimate of drug-likeness (QED) is 0.278. The Bertz CT molecular complexity index is 1430. The fourth-order valence-corrected chi connectivity index (χ4v) is 7.60. The number of nitrogens with zero attached hydrogens (tertiary/aromatic N) is 2. The fourth-order valence-electron chi connectivity index (χ4n) is 6.04. The number of thioether (sulfide) groups is 1. The second-order valence-corrected chi connectivity index (χ2v) is 12.1. The lowest BCUT2D eigenvalue weighted by atomic mass is 9.79. The van der Waals surface area contributed by atoms with Crippen molar-refractivity contribution >= 4 is 41.2 Å². The number of aliphatic carboxylic acids is 1. The van der Waals surface area contributed by atoms with Crippen LogP contribution in [-0.4, -0.2) is 84.0 Å². The Morgan fingerprint density at radius 3 is 2.44 bits per heavy atom. The highest BCUT2D eigenvalue weighted by molar-refractivity contribution is 8.03. The summed E-state index contributed by atoms with van der Waals surface area (Å²) in [5.74, 6) is -3.87. The maximum absolute atomic E-state index is 13.5. The van der Waals surface area contributed by atoms with E-state index in [9.17, 15) is 39.6 Å². The Hall–Kier alpha value is -3.87. The molecule has 3 aliphatic rings. The van der Waals surface area contributed by atoms with E-state index in [4.69, 9.17) is 0 Å². The van der Waals surface area contributed by atoms with Gasteiger partial charge in [0.05, 0.1) is 29.7 Å². The number of β-lactam (4-membered cyclic amide) rings is 1. The van der Waals surface area contributed by atoms with Crippen molar-refractivity contribution in [3.63, 3.8) is 0 Å². The van der Waals surface area contributed by atoms with Crippen LogP contribution in [-0.2, 0) is 20.9 Å². The molecule has 2 aromatic carbocycles. The molecule has 41 heavy (non-hydrogen) atoms. The summed E-state index contributed by atoms with van der Waals surface area (Å²) in [6.45, 7) is 4.23. The number of aliphatic hydroxyl groups is 1. The number of aliphatic hydroxyl groups excluding tert-OH is 1. The number of phenols is 1. The topological polar surface area (TPSA) is 168 Å². The van der Waals surface area contributed by atoms with Gasteiger partial charge in [0.1, 0.15) is 11.4 Å². The van der Waals surface area contributed by atoms with Crippen molar-refractivity contribution in [1.82, 2.24) is 9.80 Å². The molecule has 12 heteroatoms. The van der Waals surface area contributed by atoms with Crippen molar-refractivity contribution in [2.75, 3.05) is 11.9 Å². The maximum Gasteiger partial charge on any atom is 0.353 e. The van der Waals surface area contributed by atoms with E-state index in [1.165, 1.54) is 35.7 Å². The molecule has 216 valence electrons. The lowest BCUT2D eigenvalue weighted by Crippen LogP contribution is -2.63. The molecule has 11 nitrogen and oxygen atoms in total. The van der Waals surface area contributed by atoms with Crippen LogP contribution in [0.15, 0.2) is 59.1 Å². The third kappa shape index (κ3) is 5.42. The van der Waals surface area contributed by atoms with Gasteiger partial charge in [-0.2, -0.15) is 0 Å². The zero-order valence-electron chi connectivity index (χ0n) is 22.4. The summed E-state index contributed by atoms with van der Waals surface area (Å²) in [6.07, 6.45) is -0.514. The van der Waals surface area contributed by atoms with Crippen molar-refractivity contribution in [1.29, 1.82) is 0 Å². The van der Waals surface area contributed by atoms with E-state index in [-0.39, 0.29) is 34.1 Å². The molecule has 0 spiro atoms. The second-order valence-electron chi connectivity index (χ2n) is 10.7. The summed E-state index contributed by atoms with van der Waals surface area (Å²) in [4.78, 5) is 53.7. The highest BCUT2D eigenvalue weighted by Gasteiger charge is 2.60. The molecule has 5 rings (SSSR count). The molecule has 0 aromatic heterocycles. The van der Waals surface area contributed by atoms with Crippen LogP contribution in [0.25, 0.3) is 0 Å². The smallest absolute Gasteiger partial charge is 0.353 e. The number of carboxylic acid groups (broad SMARTS) is 2. The molecule has 2 fully saturated rings. The second kappa shape index (κ2) is 11.2. The number of nitrogens with one attached hydrogen (secondary N) is 1. The largest absolute Gasteiger partial charge is 0.508 e. The first-order chi connectivity index (χ1) is 19.5. The molecule has 0 saturated carbocycles. The van der Waals surface area contributed by atoms with Crippen molar-refractivity contribution in [2.45, 2.75) is 50.3 Å². The van der Waals surface area contributed by atoms with Gasteiger partial charge in [0.15, 0.2) is 0 Å². The normalized spacial score (nSPS) is 26.5. The standard InChI is InChI=1S/C29H31N3O8S/c1-14-23-22(15(2)33)27(36)32(23)24(29(39)40)25(14)41-20-11-21(31(13-20)12-16-6-8-19(34)9-7-16)26(35)30-18-5-3-4-17(10-18)28(37)38/h3-10,14-15,20-23,33-34H,11-13H2,1-2H3,(H,30,35)(H,37,38)(H,39,40)/t14-,15-,20+,21+,22-,23-/m1/s1. The Balaban J connectivity index is 1.39. The van der Waals surface area contributed by atoms with E-state index in [2.05, 4.69) is 5.32 Å². The summed E-state index contributed by atoms with van der Waals surface area (Å²) < 4.78 is 0. The summed E-state index contributed by atoms with van der Waals surface area (Å²) in [5, 5.41) is 41.8. The van der Waals surface area contributed by atoms with Gasteiger partial charge >= 0.3 is 11.9 Å². The molecular formula is C29H31N3O8S. The van der Waals surface area contributed by atoms with Gasteiger partial charge in [-0.15, -0.1) is 11.8 Å². The van der Waals surface area contributed by atoms with Crippen LogP contribution in [0.3, 0.4) is 0 Å². The zero-order valence-corrected chi connectivity index (χ0v) is 23.2. The van der Waals surface area contributed by atoms with Crippen molar-refractivity contribution in [3.8, 4) is 5.75 Å². The van der Waals surface area contributed by atoms with E-state index in [0.29, 0.717) is 30.1 Å². The number of hydrogen-bond acceptors (Lipinski definition) is 8. The number of aromatic carboxylic acids is 1. The average Bonchev–Trinajstić information content (AvgIpc) is 3.42. The number of aromatic hydroxyl groups is 1. The number of carbonyl (C=O) groups is 4. The number of anilines is 1. The van der Waals surface area contributed by atoms with Crippen LogP contribution >= 0.6 is 11.8 Å². The van der Waals surface area contributed by atoms with E-state index >= 15 is 0 Å². The molecule has 2 saturated heterocycles. The number of likely N-dealkylation sites (tertiary alicyclic amines) is 1. The molecule has 3 aliphatic heterocycles. The van der Waals surface area contributed by atoms with Crippen LogP contribution in [0.5, 0.6) is 5.75 Å². The number of benzene rings is 2. The lowest BCUT2D eigenvalue weighted by Gasteiger charge is -2.46. The van der Waals surface area contributed by atoms with Crippen LogP contribution in [0, 0.1) is 11.8 Å². The summed E-state index contributed by atoms with van der Waals surface area (Å²) in [5.41, 5.74) is 1.20. The van der Waals surface area contributed by atoms with E-state index < -0.39 is 42.0 Å². The van der Waals surface area contributed by atoms with Crippen molar-refractivity contribution in [2.24, 2.45) is 11.8 Å². The third-order valence-corrected chi connectivity index (χ3v) is 9.47. The van der Waals surface area contributed by atoms with E-state index in [1.54, 1.807) is 36.4 Å². The Kier molecular flexibility index (Phi) is 7.82. The van der Waals surface area contributed by atoms with Crippen molar-refractivity contribution < 1.29 is 39.6 Å². The van der Waals surface area contributed by atoms with Crippen LogP contribution in [0.1, 0.15) is 36.2 Å². The highest BCUT2D eigenvalue weighted by atomic mass is 32.2. The molecule has 2 aromatic rings. The van der Waals surface area contributed by atoms with Gasteiger partial charge in [0.2, 0.25) is 11.8 Å². The molecular weight excluding hydrogens is 550 g/mol. The molecule has 5 N–H and O–H groups in total. The molecule has 0 aliphatic carbocycles. The molecule has 0 bridgehead atoms. The minimum Gasteiger partial charge on any atom is -0.508 e. The first-order valence-corrected chi connectivity index (χ1v) is 14.2. The number of phenolic OH excluding ortho intramolecular Hbond substituents is 1. The summed E-state index contributed by atoms with van der Waals surface area (Å²) in [6, 6.07) is 11.6. The van der Waals surface area contributed by atoms with Crippen molar-refractivity contribution in [3.05, 3.63) is 70.3 Å². The average molecular weight is 582 g/mol. The molecule has 0 radical (unpaired) electrons. The predicted molar refractivity (Wildman–Crippen MR) is 150 cm³/mol. The number of carbonyl (C=O) groups excluding carboxylic acids is 2. The first kappa shape index (κ1) is 28.7. The van der Waals surface area contributed by atoms with Gasteiger partial charge in [-0.3, -0.25) is 14.5 Å². The monoisotopic (exact) mass is 581 g/mol. The highest BCUT2D eigenvalue weighted by Crippen LogP contribution is 2.52. The minimum absolute atomic E-state index is 0.0432. The van der Waals surface area contributed by atoms with Gasteiger partial charge < -0.3 is 30.6 Å². The van der Waals surface area contributed by atoms with Gasteiger partial charge in [0, 0.05) is 34.8 Å². The number of hydrogen-bond donors (Lipinski definition) is 5. The van der Waals surface area contributed by atoms with E-state index in [0.717, 1.165) is 5.56 Å². The molecule has 0 unspecified atom stereocenters. The lowest BCUT2D eigenvalue weighted by molar-refractivity contribution is -0.163. The first-order valence-electron chi connectivity index (χ1n) is 13.3. The van der Waals surface area contributed by atoms with Gasteiger partial charge in [-0.25, -0.2) is 9.59 Å². The Labute approximate surface area is 240 Å². The number of amides is 2. The Morgan fingerprint density at radius 2 is 1.80 bits per heavy atom.